The van der Waals surface area contributed by atoms with Crippen LogP contribution in [0.4, 0.5) is 0 Å². The SMILES string of the molecule is CCC(CC)OC(=S)NN. The molecule has 0 aromatic heterocycles. The number of nitrogens with one attached hydrogen (secondary N) is 1. The molecule has 0 aromatic carbocycles. The summed E-state index contributed by atoms with van der Waals surface area (Å²) >= 11 is 4.71. The lowest BCUT2D eigenvalue weighted by molar-refractivity contribution is 0.176. The molecule has 0 fully saturated rings. The monoisotopic (exact) mass is 162 g/mol. The number of hydrazine groups is 1. The Morgan fingerprint density at radius 1 is 1.60 bits per heavy atom. The van der Waals surface area contributed by atoms with E-state index in [0.717, 1.165) is 12.8 Å². The summed E-state index contributed by atoms with van der Waals surface area (Å²) in [6.45, 7) is 4.10. The van der Waals surface area contributed by atoms with E-state index in [4.69, 9.17) is 22.8 Å². The Balaban J connectivity index is 3.52. The molecule has 4 heteroatoms. The minimum Gasteiger partial charge on any atom is -0.467 e. The minimum absolute atomic E-state index is 0.198. The summed E-state index contributed by atoms with van der Waals surface area (Å²) < 4.78 is 5.19. The smallest absolute Gasteiger partial charge is 0.271 e. The molecule has 0 spiro atoms. The van der Waals surface area contributed by atoms with Crippen LogP contribution in [0.2, 0.25) is 0 Å². The van der Waals surface area contributed by atoms with Gasteiger partial charge in [-0.15, -0.1) is 0 Å². The molecule has 0 amide bonds. The highest BCUT2D eigenvalue weighted by Gasteiger charge is 2.04. The highest BCUT2D eigenvalue weighted by Crippen LogP contribution is 2.01. The van der Waals surface area contributed by atoms with E-state index in [9.17, 15) is 0 Å². The van der Waals surface area contributed by atoms with Gasteiger partial charge in [-0.05, 0) is 25.1 Å². The number of hydrogen-bond acceptors (Lipinski definition) is 3. The Labute approximate surface area is 66.9 Å². The molecule has 60 valence electrons. The summed E-state index contributed by atoms with van der Waals surface area (Å²) in [5.41, 5.74) is 2.27. The first-order valence-electron chi connectivity index (χ1n) is 3.41. The van der Waals surface area contributed by atoms with Gasteiger partial charge >= 0.3 is 0 Å². The van der Waals surface area contributed by atoms with E-state index in [2.05, 4.69) is 5.43 Å². The number of hydrogen-bond donors (Lipinski definition) is 2. The van der Waals surface area contributed by atoms with Gasteiger partial charge in [0.2, 0.25) is 0 Å². The Morgan fingerprint density at radius 2 is 2.10 bits per heavy atom. The van der Waals surface area contributed by atoms with Crippen LogP contribution in [0.15, 0.2) is 0 Å². The molecule has 0 aliphatic heterocycles. The van der Waals surface area contributed by atoms with Crippen molar-refractivity contribution in [1.82, 2.24) is 5.43 Å². The van der Waals surface area contributed by atoms with Crippen LogP contribution < -0.4 is 11.3 Å². The molecule has 0 aromatic rings. The highest BCUT2D eigenvalue weighted by atomic mass is 32.1. The molecule has 0 bridgehead atoms. The lowest BCUT2D eigenvalue weighted by Crippen LogP contribution is -2.33. The molecule has 3 nitrogen and oxygen atoms in total. The summed E-state index contributed by atoms with van der Waals surface area (Å²) in [5.74, 6) is 5.01. The molecule has 0 atom stereocenters. The van der Waals surface area contributed by atoms with E-state index < -0.39 is 0 Å². The summed E-state index contributed by atoms with van der Waals surface area (Å²) in [7, 11) is 0. The van der Waals surface area contributed by atoms with E-state index in [0.29, 0.717) is 0 Å². The summed E-state index contributed by atoms with van der Waals surface area (Å²) in [4.78, 5) is 0. The van der Waals surface area contributed by atoms with Crippen molar-refractivity contribution in [3.05, 3.63) is 0 Å². The van der Waals surface area contributed by atoms with Gasteiger partial charge in [0.05, 0.1) is 0 Å². The highest BCUT2D eigenvalue weighted by molar-refractivity contribution is 7.80. The Kier molecular flexibility index (Phi) is 5.25. The maximum Gasteiger partial charge on any atom is 0.271 e. The second kappa shape index (κ2) is 5.44. The third kappa shape index (κ3) is 3.63. The van der Waals surface area contributed by atoms with Crippen molar-refractivity contribution in [1.29, 1.82) is 0 Å². The van der Waals surface area contributed by atoms with Crippen molar-refractivity contribution in [2.45, 2.75) is 32.8 Å². The molecule has 0 saturated carbocycles. The van der Waals surface area contributed by atoms with Gasteiger partial charge in [0.25, 0.3) is 5.17 Å². The van der Waals surface area contributed by atoms with Crippen LogP contribution in [0.1, 0.15) is 26.7 Å². The topological polar surface area (TPSA) is 47.3 Å². The fraction of sp³-hybridized carbons (Fsp3) is 0.833. The van der Waals surface area contributed by atoms with Gasteiger partial charge in [0.15, 0.2) is 0 Å². The molecular weight excluding hydrogens is 148 g/mol. The van der Waals surface area contributed by atoms with Gasteiger partial charge in [-0.3, -0.25) is 5.43 Å². The predicted octanol–water partition coefficient (Wildman–Crippen LogP) is 0.940. The van der Waals surface area contributed by atoms with Crippen molar-refractivity contribution in [3.8, 4) is 0 Å². The zero-order valence-corrected chi connectivity index (χ0v) is 7.20. The number of ether oxygens (including phenoxy) is 1. The van der Waals surface area contributed by atoms with Crippen LogP contribution in [-0.4, -0.2) is 11.3 Å². The largest absolute Gasteiger partial charge is 0.467 e. The molecule has 0 saturated heterocycles. The molecule has 0 aliphatic carbocycles. The van der Waals surface area contributed by atoms with Crippen LogP contribution in [0.3, 0.4) is 0 Å². The molecule has 0 radical (unpaired) electrons. The molecular formula is C6H14N2OS. The number of nitrogens with two attached hydrogens (primary N) is 1. The first kappa shape index (κ1) is 9.65. The van der Waals surface area contributed by atoms with Crippen LogP contribution in [0.5, 0.6) is 0 Å². The van der Waals surface area contributed by atoms with Gasteiger partial charge in [0.1, 0.15) is 6.10 Å². The maximum absolute atomic E-state index is 5.19. The standard InChI is InChI=1S/C6H14N2OS/c1-3-5(4-2)9-6(10)8-7/h5H,3-4,7H2,1-2H3,(H,8,10). The second-order valence-electron chi connectivity index (χ2n) is 1.99. The number of rotatable bonds is 3. The predicted molar refractivity (Wildman–Crippen MR) is 45.4 cm³/mol. The minimum atomic E-state index is 0.198. The van der Waals surface area contributed by atoms with Gasteiger partial charge in [-0.1, -0.05) is 13.8 Å². The molecule has 3 N–H and O–H groups in total. The van der Waals surface area contributed by atoms with E-state index in [1.165, 1.54) is 0 Å². The fourth-order valence-corrected chi connectivity index (χ4v) is 0.777. The molecule has 0 aliphatic rings. The van der Waals surface area contributed by atoms with Gasteiger partial charge in [-0.25, -0.2) is 5.84 Å². The molecule has 0 heterocycles. The number of thiocarbonyl (C=S) groups is 1. The van der Waals surface area contributed by atoms with Crippen LogP contribution in [0.25, 0.3) is 0 Å². The summed E-state index contributed by atoms with van der Waals surface area (Å²) in [6.07, 6.45) is 2.11. The second-order valence-corrected chi connectivity index (χ2v) is 2.36. The van der Waals surface area contributed by atoms with Gasteiger partial charge in [0, 0.05) is 0 Å². The van der Waals surface area contributed by atoms with E-state index in [-0.39, 0.29) is 11.3 Å². The molecule has 0 rings (SSSR count). The third-order valence-corrected chi connectivity index (χ3v) is 1.52. The Hall–Kier alpha value is -0.350. The summed E-state index contributed by atoms with van der Waals surface area (Å²) in [5, 5.41) is 0.272. The fourth-order valence-electron chi connectivity index (χ4n) is 0.641. The lowest BCUT2D eigenvalue weighted by atomic mass is 10.2. The normalized spacial score (nSPS) is 9.60. The van der Waals surface area contributed by atoms with Gasteiger partial charge < -0.3 is 4.74 Å². The van der Waals surface area contributed by atoms with E-state index >= 15 is 0 Å². The average Bonchev–Trinajstić information content (AvgIpc) is 1.99. The van der Waals surface area contributed by atoms with Crippen molar-refractivity contribution in [2.24, 2.45) is 5.84 Å². The zero-order chi connectivity index (χ0) is 7.98. The maximum atomic E-state index is 5.19. The average molecular weight is 162 g/mol. The summed E-state index contributed by atoms with van der Waals surface area (Å²) in [6, 6.07) is 0. The lowest BCUT2D eigenvalue weighted by Gasteiger charge is -2.14. The van der Waals surface area contributed by atoms with Gasteiger partial charge in [-0.2, -0.15) is 0 Å². The van der Waals surface area contributed by atoms with Crippen LogP contribution in [-0.2, 0) is 4.74 Å². The Bertz CT molecular complexity index is 104. The quantitative estimate of drug-likeness (QED) is 0.368. The van der Waals surface area contributed by atoms with Crippen molar-refractivity contribution >= 4 is 17.4 Å². The van der Waals surface area contributed by atoms with Crippen molar-refractivity contribution < 1.29 is 4.74 Å². The molecule has 10 heavy (non-hydrogen) atoms. The molecule has 0 unspecified atom stereocenters. The van der Waals surface area contributed by atoms with Crippen molar-refractivity contribution in [2.75, 3.05) is 0 Å². The van der Waals surface area contributed by atoms with Crippen LogP contribution >= 0.6 is 12.2 Å². The zero-order valence-electron chi connectivity index (χ0n) is 6.39. The first-order chi connectivity index (χ1) is 4.74. The van der Waals surface area contributed by atoms with Crippen molar-refractivity contribution in [3.63, 3.8) is 0 Å². The Morgan fingerprint density at radius 3 is 2.40 bits per heavy atom. The first-order valence-corrected chi connectivity index (χ1v) is 3.82. The van der Waals surface area contributed by atoms with E-state index in [1.807, 2.05) is 13.8 Å². The third-order valence-electron chi connectivity index (χ3n) is 1.30. The van der Waals surface area contributed by atoms with Crippen LogP contribution in [0, 0.1) is 0 Å². The van der Waals surface area contributed by atoms with E-state index in [1.54, 1.807) is 0 Å².